The van der Waals surface area contributed by atoms with Gasteiger partial charge in [0.05, 0.1) is 5.69 Å². The molecule has 0 spiro atoms. The summed E-state index contributed by atoms with van der Waals surface area (Å²) in [6.45, 7) is 2.39. The second-order valence-corrected chi connectivity index (χ2v) is 8.29. The number of anilines is 1. The molecule has 2 aromatic carbocycles. The molecule has 1 saturated heterocycles. The van der Waals surface area contributed by atoms with E-state index in [9.17, 15) is 9.59 Å². The maximum atomic E-state index is 13.3. The fourth-order valence-electron chi connectivity index (χ4n) is 3.21. The Morgan fingerprint density at radius 3 is 2.29 bits per heavy atom. The lowest BCUT2D eigenvalue weighted by atomic mass is 10.1. The number of rotatable bonds is 6. The van der Waals surface area contributed by atoms with E-state index < -0.39 is 11.8 Å². The molecule has 0 atom stereocenters. The van der Waals surface area contributed by atoms with Gasteiger partial charge in [-0.1, -0.05) is 55.1 Å². The molecule has 31 heavy (non-hydrogen) atoms. The number of para-hydroxylation sites is 1. The molecule has 2 amide bonds. The number of nitrogens with zero attached hydrogens (tertiary/aromatic N) is 2. The lowest BCUT2D eigenvalue weighted by molar-refractivity contribution is -0.127. The quantitative estimate of drug-likeness (QED) is 0.288. The Hall–Kier alpha value is -3.16. The molecule has 4 rings (SSSR count). The van der Waals surface area contributed by atoms with Crippen LogP contribution in [-0.2, 0) is 9.59 Å². The molecule has 3 aromatic rings. The third-order valence-corrected chi connectivity index (χ3v) is 5.97. The molecular formula is C24H20N2O3S2. The minimum atomic E-state index is -0.456. The van der Waals surface area contributed by atoms with Crippen molar-refractivity contribution in [1.82, 2.24) is 4.90 Å². The normalized spacial score (nSPS) is 15.8. The Balaban J connectivity index is 1.67. The van der Waals surface area contributed by atoms with E-state index in [1.165, 1.54) is 27.6 Å². The van der Waals surface area contributed by atoms with Crippen LogP contribution in [0.25, 0.3) is 6.08 Å². The minimum absolute atomic E-state index is 0.0246. The molecule has 5 nitrogen and oxygen atoms in total. The average Bonchev–Trinajstić information content (AvgIpc) is 3.23. The van der Waals surface area contributed by atoms with E-state index in [1.807, 2.05) is 61.5 Å². The lowest BCUT2D eigenvalue weighted by Gasteiger charge is -2.36. The summed E-state index contributed by atoms with van der Waals surface area (Å²) in [4.78, 5) is 30.3. The summed E-state index contributed by atoms with van der Waals surface area (Å²) in [5, 5.41) is 0.870. The molecular weight excluding hydrogens is 428 g/mol. The summed E-state index contributed by atoms with van der Waals surface area (Å²) in [5.41, 5.74) is 0.647. The largest absolute Gasteiger partial charge is 0.450 e. The van der Waals surface area contributed by atoms with E-state index in [4.69, 9.17) is 16.6 Å². The lowest BCUT2D eigenvalue weighted by Crippen LogP contribution is -2.56. The predicted molar refractivity (Wildman–Crippen MR) is 126 cm³/mol. The Morgan fingerprint density at radius 2 is 1.61 bits per heavy atom. The van der Waals surface area contributed by atoms with Crippen molar-refractivity contribution < 1.29 is 14.0 Å². The number of benzene rings is 2. The monoisotopic (exact) mass is 448 g/mol. The van der Waals surface area contributed by atoms with Gasteiger partial charge < -0.3 is 4.42 Å². The highest BCUT2D eigenvalue weighted by atomic mass is 32.2. The fourth-order valence-corrected chi connectivity index (χ4v) is 4.38. The van der Waals surface area contributed by atoms with E-state index in [2.05, 4.69) is 0 Å². The van der Waals surface area contributed by atoms with Crippen molar-refractivity contribution in [2.24, 2.45) is 0 Å². The van der Waals surface area contributed by atoms with Gasteiger partial charge in [-0.25, -0.2) is 0 Å². The maximum absolute atomic E-state index is 13.3. The first-order valence-corrected chi connectivity index (χ1v) is 11.1. The molecule has 1 fully saturated rings. The summed E-state index contributed by atoms with van der Waals surface area (Å²) in [7, 11) is 0. The van der Waals surface area contributed by atoms with Gasteiger partial charge in [-0.15, -0.1) is 0 Å². The smallest absolute Gasteiger partial charge is 0.270 e. The van der Waals surface area contributed by atoms with Crippen molar-refractivity contribution in [3.8, 4) is 0 Å². The van der Waals surface area contributed by atoms with E-state index in [0.29, 0.717) is 29.5 Å². The molecule has 0 aliphatic carbocycles. The second-order valence-electron chi connectivity index (χ2n) is 6.85. The number of hydrogen-bond donors (Lipinski definition) is 0. The van der Waals surface area contributed by atoms with Crippen molar-refractivity contribution >= 4 is 52.7 Å². The Bertz CT molecular complexity index is 1140. The standard InChI is InChI=1S/C24H20N2O3S2/c1-2-15-25-22(27)20(23(28)26(24(25)30)17-9-5-3-6-10-17)16-18-13-14-21(29-18)31-19-11-7-4-8-12-19/h3-14,16H,2,15H2,1H3/b20-16+. The van der Waals surface area contributed by atoms with Crippen molar-refractivity contribution in [2.75, 3.05) is 11.4 Å². The Kier molecular flexibility index (Phi) is 6.34. The number of amides is 2. The molecule has 0 unspecified atom stereocenters. The van der Waals surface area contributed by atoms with Gasteiger partial charge in [0.2, 0.25) is 0 Å². The topological polar surface area (TPSA) is 53.8 Å². The SMILES string of the molecule is CCCN1C(=O)/C(=C\c2ccc(Sc3ccccc3)o2)C(=O)N(c2ccccc2)C1=S. The fraction of sp³-hybridized carbons (Fsp3) is 0.125. The van der Waals surface area contributed by atoms with Crippen LogP contribution < -0.4 is 4.90 Å². The van der Waals surface area contributed by atoms with Crippen molar-refractivity contribution in [1.29, 1.82) is 0 Å². The van der Waals surface area contributed by atoms with Gasteiger partial charge in [0.1, 0.15) is 11.3 Å². The molecule has 0 N–H and O–H groups in total. The van der Waals surface area contributed by atoms with Gasteiger partial charge in [0.15, 0.2) is 10.2 Å². The third-order valence-electron chi connectivity index (χ3n) is 4.64. The summed E-state index contributed by atoms with van der Waals surface area (Å²) in [6, 6.07) is 22.5. The van der Waals surface area contributed by atoms with Crippen LogP contribution >= 0.6 is 24.0 Å². The molecule has 0 radical (unpaired) electrons. The summed E-state index contributed by atoms with van der Waals surface area (Å²) < 4.78 is 5.86. The van der Waals surface area contributed by atoms with Gasteiger partial charge >= 0.3 is 0 Å². The molecule has 0 saturated carbocycles. The average molecular weight is 449 g/mol. The highest BCUT2D eigenvalue weighted by Gasteiger charge is 2.40. The molecule has 1 aromatic heterocycles. The highest BCUT2D eigenvalue weighted by Crippen LogP contribution is 2.31. The van der Waals surface area contributed by atoms with E-state index in [0.717, 1.165) is 4.90 Å². The Morgan fingerprint density at radius 1 is 0.935 bits per heavy atom. The minimum Gasteiger partial charge on any atom is -0.450 e. The first kappa shape index (κ1) is 21.1. The summed E-state index contributed by atoms with van der Waals surface area (Å²) in [6.07, 6.45) is 2.22. The van der Waals surface area contributed by atoms with Gasteiger partial charge in [0, 0.05) is 11.4 Å². The van der Waals surface area contributed by atoms with Crippen LogP contribution in [0.2, 0.25) is 0 Å². The first-order valence-electron chi connectivity index (χ1n) is 9.88. The number of carbonyl (C=O) groups excluding carboxylic acids is 2. The third kappa shape index (κ3) is 4.47. The van der Waals surface area contributed by atoms with Crippen LogP contribution in [0.5, 0.6) is 0 Å². The van der Waals surface area contributed by atoms with Gasteiger partial charge in [-0.05, 0) is 61.1 Å². The second kappa shape index (κ2) is 9.32. The van der Waals surface area contributed by atoms with Crippen molar-refractivity contribution in [3.05, 3.63) is 84.1 Å². The van der Waals surface area contributed by atoms with Gasteiger partial charge in [0.25, 0.3) is 11.8 Å². The van der Waals surface area contributed by atoms with Gasteiger partial charge in [-0.3, -0.25) is 19.4 Å². The van der Waals surface area contributed by atoms with Crippen molar-refractivity contribution in [3.63, 3.8) is 0 Å². The number of furan rings is 1. The van der Waals surface area contributed by atoms with E-state index >= 15 is 0 Å². The molecule has 0 bridgehead atoms. The molecule has 1 aliphatic heterocycles. The number of hydrogen-bond acceptors (Lipinski definition) is 5. The van der Waals surface area contributed by atoms with Crippen LogP contribution in [0, 0.1) is 0 Å². The van der Waals surface area contributed by atoms with E-state index in [-0.39, 0.29) is 10.7 Å². The zero-order valence-electron chi connectivity index (χ0n) is 16.9. The zero-order valence-corrected chi connectivity index (χ0v) is 18.5. The van der Waals surface area contributed by atoms with Gasteiger partial charge in [-0.2, -0.15) is 0 Å². The van der Waals surface area contributed by atoms with Crippen LogP contribution in [0.1, 0.15) is 19.1 Å². The highest BCUT2D eigenvalue weighted by molar-refractivity contribution is 7.99. The molecule has 156 valence electrons. The number of thiocarbonyl (C=S) groups is 1. The van der Waals surface area contributed by atoms with E-state index in [1.54, 1.807) is 18.2 Å². The Labute approximate surface area is 190 Å². The first-order chi connectivity index (χ1) is 15.1. The predicted octanol–water partition coefficient (Wildman–Crippen LogP) is 5.38. The number of carbonyl (C=O) groups is 2. The zero-order chi connectivity index (χ0) is 21.8. The summed E-state index contributed by atoms with van der Waals surface area (Å²) >= 11 is 6.97. The van der Waals surface area contributed by atoms with Crippen molar-refractivity contribution in [2.45, 2.75) is 23.3 Å². The van der Waals surface area contributed by atoms with Crippen LogP contribution in [0.4, 0.5) is 5.69 Å². The molecule has 7 heteroatoms. The molecule has 2 heterocycles. The molecule has 1 aliphatic rings. The van der Waals surface area contributed by atoms with Crippen LogP contribution in [-0.4, -0.2) is 28.4 Å². The summed E-state index contributed by atoms with van der Waals surface area (Å²) in [5.74, 6) is -0.424. The maximum Gasteiger partial charge on any atom is 0.270 e. The van der Waals surface area contributed by atoms with Crippen LogP contribution in [0.3, 0.4) is 0 Å². The van der Waals surface area contributed by atoms with Crippen LogP contribution in [0.15, 0.2) is 92.8 Å².